The molecule has 0 radical (unpaired) electrons. The lowest BCUT2D eigenvalue weighted by Gasteiger charge is -2.31. The maximum absolute atomic E-state index is 11.9. The highest BCUT2D eigenvalue weighted by Crippen LogP contribution is 2.33. The quantitative estimate of drug-likeness (QED) is 0.107. The van der Waals surface area contributed by atoms with Gasteiger partial charge in [-0.15, -0.1) is 0 Å². The van der Waals surface area contributed by atoms with Crippen LogP contribution in [0.25, 0.3) is 6.08 Å². The van der Waals surface area contributed by atoms with Crippen molar-refractivity contribution in [3.63, 3.8) is 0 Å². The highest BCUT2D eigenvalue weighted by atomic mass is 16.6. The molecule has 1 aromatic rings. The molecule has 4 atom stereocenters. The molecule has 0 amide bonds. The zero-order chi connectivity index (χ0) is 26.8. The Bertz CT molecular complexity index is 906. The van der Waals surface area contributed by atoms with Gasteiger partial charge in [-0.3, -0.25) is 4.79 Å². The maximum Gasteiger partial charge on any atom is 0.330 e. The molecule has 0 N–H and O–H groups in total. The van der Waals surface area contributed by atoms with Crippen molar-refractivity contribution in [2.75, 3.05) is 26.4 Å². The van der Waals surface area contributed by atoms with Crippen molar-refractivity contribution in [2.24, 2.45) is 11.8 Å². The summed E-state index contributed by atoms with van der Waals surface area (Å²) in [6.07, 6.45) is 21.5. The molecule has 1 aromatic carbocycles. The average molecular weight is 525 g/mol. The number of allylic oxidation sites excluding steroid dienone is 2. The van der Waals surface area contributed by atoms with E-state index in [1.54, 1.807) is 6.08 Å². The van der Waals surface area contributed by atoms with Crippen molar-refractivity contribution in [3.8, 4) is 0 Å². The summed E-state index contributed by atoms with van der Waals surface area (Å²) in [7, 11) is 0. The van der Waals surface area contributed by atoms with Gasteiger partial charge in [0, 0.05) is 19.1 Å². The Hall–Kier alpha value is -2.70. The van der Waals surface area contributed by atoms with Crippen molar-refractivity contribution in [2.45, 2.75) is 76.9 Å². The van der Waals surface area contributed by atoms with E-state index in [9.17, 15) is 9.59 Å². The lowest BCUT2D eigenvalue weighted by atomic mass is 9.78. The van der Waals surface area contributed by atoms with Crippen LogP contribution in [-0.4, -0.2) is 50.6 Å². The van der Waals surface area contributed by atoms with Crippen LogP contribution in [0.3, 0.4) is 0 Å². The van der Waals surface area contributed by atoms with Gasteiger partial charge >= 0.3 is 11.9 Å². The van der Waals surface area contributed by atoms with Gasteiger partial charge in [-0.25, -0.2) is 4.79 Å². The van der Waals surface area contributed by atoms with E-state index in [2.05, 4.69) is 24.3 Å². The lowest BCUT2D eigenvalue weighted by Crippen LogP contribution is -2.25. The summed E-state index contributed by atoms with van der Waals surface area (Å²) in [5.41, 5.74) is 0.967. The third kappa shape index (κ3) is 11.8. The minimum atomic E-state index is -0.352. The Kier molecular flexibility index (Phi) is 13.9. The van der Waals surface area contributed by atoms with Crippen LogP contribution in [0, 0.1) is 11.8 Å². The van der Waals surface area contributed by atoms with E-state index in [4.69, 9.17) is 18.9 Å². The van der Waals surface area contributed by atoms with Crippen LogP contribution in [0.1, 0.15) is 70.3 Å². The normalized spacial score (nSPS) is 23.0. The maximum atomic E-state index is 11.9. The zero-order valence-corrected chi connectivity index (χ0v) is 22.8. The van der Waals surface area contributed by atoms with Gasteiger partial charge in [0.2, 0.25) is 0 Å². The van der Waals surface area contributed by atoms with E-state index < -0.39 is 0 Å². The van der Waals surface area contributed by atoms with Gasteiger partial charge in [0.05, 0.1) is 25.4 Å². The van der Waals surface area contributed by atoms with E-state index in [1.807, 2.05) is 37.3 Å². The van der Waals surface area contributed by atoms with Gasteiger partial charge in [0.15, 0.2) is 0 Å². The number of carbonyl (C=O) groups is 2. The van der Waals surface area contributed by atoms with Crippen LogP contribution in [-0.2, 0) is 28.5 Å². The minimum Gasteiger partial charge on any atom is -0.466 e. The van der Waals surface area contributed by atoms with Crippen LogP contribution in [0.4, 0.5) is 0 Å². The van der Waals surface area contributed by atoms with Gasteiger partial charge < -0.3 is 18.9 Å². The third-order valence-electron chi connectivity index (χ3n) is 7.06. The SMILES string of the molecule is CCC(=O)OCCCCCCOC1C=CC(C2C=CC(OCCOC(=O)/C=C/c3ccccc3)CC2)CC1. The number of benzene rings is 1. The fraction of sp³-hybridized carbons (Fsp3) is 0.562. The molecular weight excluding hydrogens is 480 g/mol. The van der Waals surface area contributed by atoms with E-state index in [-0.39, 0.29) is 30.8 Å². The Morgan fingerprint density at radius 2 is 1.37 bits per heavy atom. The van der Waals surface area contributed by atoms with Crippen LogP contribution >= 0.6 is 0 Å². The zero-order valence-electron chi connectivity index (χ0n) is 22.8. The molecule has 0 heterocycles. The lowest BCUT2D eigenvalue weighted by molar-refractivity contribution is -0.143. The molecule has 6 heteroatoms. The largest absolute Gasteiger partial charge is 0.466 e. The van der Waals surface area contributed by atoms with Crippen LogP contribution < -0.4 is 0 Å². The van der Waals surface area contributed by atoms with Crippen molar-refractivity contribution in [1.82, 2.24) is 0 Å². The number of unbranched alkanes of at least 4 members (excludes halogenated alkanes) is 3. The molecule has 6 nitrogen and oxygen atoms in total. The van der Waals surface area contributed by atoms with Gasteiger partial charge in [-0.05, 0) is 68.4 Å². The smallest absolute Gasteiger partial charge is 0.330 e. The second-order valence-electron chi connectivity index (χ2n) is 9.97. The molecule has 0 bridgehead atoms. The topological polar surface area (TPSA) is 71.1 Å². The summed E-state index contributed by atoms with van der Waals surface area (Å²) in [6.45, 7) is 3.80. The molecule has 3 rings (SSSR count). The first-order valence-electron chi connectivity index (χ1n) is 14.3. The van der Waals surface area contributed by atoms with E-state index in [0.29, 0.717) is 31.5 Å². The molecule has 0 aromatic heterocycles. The van der Waals surface area contributed by atoms with Crippen molar-refractivity contribution < 1.29 is 28.5 Å². The second-order valence-corrected chi connectivity index (χ2v) is 9.97. The Morgan fingerprint density at radius 1 is 0.737 bits per heavy atom. The Labute approximate surface area is 228 Å². The summed E-state index contributed by atoms with van der Waals surface area (Å²) in [5.74, 6) is 0.649. The number of hydrogen-bond acceptors (Lipinski definition) is 6. The van der Waals surface area contributed by atoms with Crippen LogP contribution in [0.2, 0.25) is 0 Å². The van der Waals surface area contributed by atoms with Gasteiger partial charge in [0.25, 0.3) is 0 Å². The minimum absolute atomic E-state index is 0.0900. The number of hydrogen-bond donors (Lipinski definition) is 0. The fourth-order valence-corrected chi connectivity index (χ4v) is 4.82. The van der Waals surface area contributed by atoms with Gasteiger partial charge in [-0.1, -0.05) is 68.0 Å². The Morgan fingerprint density at radius 3 is 1.97 bits per heavy atom. The molecule has 208 valence electrons. The summed E-state index contributed by atoms with van der Waals surface area (Å²) in [5, 5.41) is 0. The summed E-state index contributed by atoms with van der Waals surface area (Å²) in [4.78, 5) is 23.0. The molecule has 0 saturated heterocycles. The molecule has 2 aliphatic carbocycles. The summed E-state index contributed by atoms with van der Waals surface area (Å²) >= 11 is 0. The molecule has 38 heavy (non-hydrogen) atoms. The first-order valence-corrected chi connectivity index (χ1v) is 14.3. The standard InChI is InChI=1S/C32H44O6/c1-2-31(33)37-23-9-4-3-8-22-35-29-17-13-27(14-18-29)28-15-19-30(20-16-28)36-24-25-38-32(34)21-12-26-10-6-5-7-11-26/h5-7,10-13,15,17,19,21,27-30H,2-4,8-9,14,16,18,20,22-25H2,1H3/b21-12+. The van der Waals surface area contributed by atoms with Crippen molar-refractivity contribution in [3.05, 3.63) is 66.3 Å². The predicted molar refractivity (Wildman–Crippen MR) is 149 cm³/mol. The number of esters is 2. The fourth-order valence-electron chi connectivity index (χ4n) is 4.82. The van der Waals surface area contributed by atoms with Crippen molar-refractivity contribution >= 4 is 18.0 Å². The molecule has 0 aliphatic heterocycles. The molecule has 0 saturated carbocycles. The van der Waals surface area contributed by atoms with Gasteiger partial charge in [-0.2, -0.15) is 0 Å². The van der Waals surface area contributed by atoms with E-state index >= 15 is 0 Å². The van der Waals surface area contributed by atoms with E-state index in [1.165, 1.54) is 6.08 Å². The number of rotatable bonds is 16. The number of ether oxygens (including phenoxy) is 4. The highest BCUT2D eigenvalue weighted by molar-refractivity contribution is 5.87. The molecule has 0 spiro atoms. The average Bonchev–Trinajstić information content (AvgIpc) is 2.96. The molecule has 0 fully saturated rings. The monoisotopic (exact) mass is 524 g/mol. The first kappa shape index (κ1) is 29.9. The van der Waals surface area contributed by atoms with Crippen molar-refractivity contribution in [1.29, 1.82) is 0 Å². The van der Waals surface area contributed by atoms with E-state index in [0.717, 1.165) is 63.5 Å². The van der Waals surface area contributed by atoms with Gasteiger partial charge in [0.1, 0.15) is 6.61 Å². The highest BCUT2D eigenvalue weighted by Gasteiger charge is 2.25. The molecule has 2 aliphatic rings. The second kappa shape index (κ2) is 17.7. The van der Waals surface area contributed by atoms with Crippen LogP contribution in [0.5, 0.6) is 0 Å². The summed E-state index contributed by atoms with van der Waals surface area (Å²) < 4.78 is 22.3. The third-order valence-corrected chi connectivity index (χ3v) is 7.06. The van der Waals surface area contributed by atoms with Crippen LogP contribution in [0.15, 0.2) is 60.7 Å². The molecule has 4 unspecified atom stereocenters. The predicted octanol–water partition coefficient (Wildman–Crippen LogP) is 6.46. The Balaban J connectivity index is 1.21. The summed E-state index contributed by atoms with van der Waals surface area (Å²) in [6, 6.07) is 9.68. The number of carbonyl (C=O) groups excluding carboxylic acids is 2. The first-order chi connectivity index (χ1) is 18.6. The molecular formula is C32H44O6.